The van der Waals surface area contributed by atoms with Crippen LogP contribution in [0.3, 0.4) is 0 Å². The van der Waals surface area contributed by atoms with Gasteiger partial charge in [-0.25, -0.2) is 0 Å². The van der Waals surface area contributed by atoms with E-state index in [0.29, 0.717) is 32.0 Å². The number of carbonyl (C=O) groups excluding carboxylic acids is 1. The predicted octanol–water partition coefficient (Wildman–Crippen LogP) is 0.758. The van der Waals surface area contributed by atoms with Crippen molar-refractivity contribution < 1.29 is 9.90 Å². The van der Waals surface area contributed by atoms with Crippen LogP contribution >= 0.6 is 0 Å². The first-order valence-electron chi connectivity index (χ1n) is 5.85. The lowest BCUT2D eigenvalue weighted by Crippen LogP contribution is -2.33. The molecule has 0 spiro atoms. The first-order valence-corrected chi connectivity index (χ1v) is 5.85. The van der Waals surface area contributed by atoms with Crippen LogP contribution in [0.4, 0.5) is 0 Å². The molecule has 0 saturated heterocycles. The van der Waals surface area contributed by atoms with Gasteiger partial charge in [0.2, 0.25) is 5.91 Å². The minimum absolute atomic E-state index is 0.00205. The molecular formula is C12H24N2O2. The van der Waals surface area contributed by atoms with E-state index >= 15 is 0 Å². The first-order chi connectivity index (χ1) is 7.65. The molecule has 1 amide bonds. The summed E-state index contributed by atoms with van der Waals surface area (Å²) in [5, 5.41) is 8.83. The molecule has 1 atom stereocenters. The van der Waals surface area contributed by atoms with Crippen molar-refractivity contribution in [3.63, 3.8) is 0 Å². The van der Waals surface area contributed by atoms with Gasteiger partial charge in [-0.2, -0.15) is 0 Å². The molecule has 0 fully saturated rings. The minimum atomic E-state index is -0.00205. The van der Waals surface area contributed by atoms with Crippen LogP contribution in [0.2, 0.25) is 0 Å². The topological polar surface area (TPSA) is 66.6 Å². The van der Waals surface area contributed by atoms with Gasteiger partial charge in [0.25, 0.3) is 0 Å². The number of amides is 1. The molecule has 94 valence electrons. The van der Waals surface area contributed by atoms with Gasteiger partial charge in [0, 0.05) is 19.5 Å². The van der Waals surface area contributed by atoms with Crippen LogP contribution in [-0.2, 0) is 4.79 Å². The van der Waals surface area contributed by atoms with Crippen LogP contribution in [0.5, 0.6) is 0 Å². The fourth-order valence-electron chi connectivity index (χ4n) is 1.55. The highest BCUT2D eigenvalue weighted by Gasteiger charge is 2.12. The molecular weight excluding hydrogens is 204 g/mol. The third kappa shape index (κ3) is 6.58. The summed E-state index contributed by atoms with van der Waals surface area (Å²) in [6, 6.07) is 0. The van der Waals surface area contributed by atoms with Gasteiger partial charge in [-0.3, -0.25) is 4.79 Å². The Morgan fingerprint density at radius 3 is 2.75 bits per heavy atom. The van der Waals surface area contributed by atoms with Gasteiger partial charge in [-0.05, 0) is 25.3 Å². The number of aliphatic hydroxyl groups excluding tert-OH is 1. The number of aliphatic hydroxyl groups is 1. The molecule has 0 aromatic rings. The van der Waals surface area contributed by atoms with Gasteiger partial charge in [0.15, 0.2) is 0 Å². The summed E-state index contributed by atoms with van der Waals surface area (Å²) in [5.74, 6) is 0.562. The van der Waals surface area contributed by atoms with Crippen molar-refractivity contribution >= 4 is 5.91 Å². The van der Waals surface area contributed by atoms with E-state index in [9.17, 15) is 4.79 Å². The number of carbonyl (C=O) groups is 1. The van der Waals surface area contributed by atoms with Crippen molar-refractivity contribution in [2.45, 2.75) is 26.2 Å². The average Bonchev–Trinajstić information content (AvgIpc) is 2.26. The van der Waals surface area contributed by atoms with E-state index in [0.717, 1.165) is 12.8 Å². The highest BCUT2D eigenvalue weighted by atomic mass is 16.3. The molecule has 0 aliphatic heterocycles. The van der Waals surface area contributed by atoms with E-state index in [4.69, 9.17) is 10.8 Å². The summed E-state index contributed by atoms with van der Waals surface area (Å²) in [7, 11) is 0. The Balaban J connectivity index is 3.94. The normalized spacial score (nSPS) is 12.2. The van der Waals surface area contributed by atoms with Gasteiger partial charge in [0.1, 0.15) is 0 Å². The molecule has 16 heavy (non-hydrogen) atoms. The van der Waals surface area contributed by atoms with Crippen molar-refractivity contribution in [3.05, 3.63) is 12.7 Å². The Labute approximate surface area is 98.1 Å². The molecule has 0 aliphatic carbocycles. The molecule has 0 aromatic heterocycles. The predicted molar refractivity (Wildman–Crippen MR) is 65.9 cm³/mol. The molecule has 1 unspecified atom stereocenters. The third-order valence-corrected chi connectivity index (χ3v) is 2.58. The Bertz CT molecular complexity index is 207. The second-order valence-electron chi connectivity index (χ2n) is 4.07. The molecule has 4 heteroatoms. The van der Waals surface area contributed by atoms with Crippen LogP contribution < -0.4 is 5.73 Å². The lowest BCUT2D eigenvalue weighted by Gasteiger charge is -2.20. The minimum Gasteiger partial charge on any atom is -0.395 e. The van der Waals surface area contributed by atoms with Crippen LogP contribution in [0, 0.1) is 5.92 Å². The smallest absolute Gasteiger partial charge is 0.222 e. The van der Waals surface area contributed by atoms with Gasteiger partial charge < -0.3 is 15.7 Å². The molecule has 0 heterocycles. The summed E-state index contributed by atoms with van der Waals surface area (Å²) in [4.78, 5) is 13.4. The SMILES string of the molecule is C=CCN(CCO)C(=O)CCC(C)CCN. The lowest BCUT2D eigenvalue weighted by molar-refractivity contribution is -0.131. The third-order valence-electron chi connectivity index (χ3n) is 2.58. The monoisotopic (exact) mass is 228 g/mol. The fourth-order valence-corrected chi connectivity index (χ4v) is 1.55. The van der Waals surface area contributed by atoms with E-state index in [1.807, 2.05) is 0 Å². The molecule has 0 aliphatic rings. The number of rotatable bonds is 9. The van der Waals surface area contributed by atoms with Crippen molar-refractivity contribution in [2.75, 3.05) is 26.2 Å². The van der Waals surface area contributed by atoms with E-state index in [1.165, 1.54) is 0 Å². The van der Waals surface area contributed by atoms with Gasteiger partial charge in [0.05, 0.1) is 6.61 Å². The maximum atomic E-state index is 11.8. The Morgan fingerprint density at radius 2 is 2.25 bits per heavy atom. The molecule has 0 bridgehead atoms. The van der Waals surface area contributed by atoms with E-state index in [1.54, 1.807) is 11.0 Å². The molecule has 0 aromatic carbocycles. The second kappa shape index (κ2) is 9.36. The maximum Gasteiger partial charge on any atom is 0.222 e. The zero-order valence-electron chi connectivity index (χ0n) is 10.2. The molecule has 3 N–H and O–H groups in total. The largest absolute Gasteiger partial charge is 0.395 e. The van der Waals surface area contributed by atoms with Crippen LogP contribution in [-0.4, -0.2) is 42.2 Å². The van der Waals surface area contributed by atoms with E-state index < -0.39 is 0 Å². The van der Waals surface area contributed by atoms with Crippen molar-refractivity contribution in [1.82, 2.24) is 4.90 Å². The zero-order valence-corrected chi connectivity index (χ0v) is 10.2. The summed E-state index contributed by atoms with van der Waals surface area (Å²) >= 11 is 0. The number of hydrogen-bond acceptors (Lipinski definition) is 3. The van der Waals surface area contributed by atoms with Crippen molar-refractivity contribution in [2.24, 2.45) is 11.7 Å². The maximum absolute atomic E-state index is 11.8. The number of nitrogens with zero attached hydrogens (tertiary/aromatic N) is 1. The van der Waals surface area contributed by atoms with Gasteiger partial charge in [-0.1, -0.05) is 13.0 Å². The van der Waals surface area contributed by atoms with Crippen LogP contribution in [0.15, 0.2) is 12.7 Å². The van der Waals surface area contributed by atoms with Gasteiger partial charge in [-0.15, -0.1) is 6.58 Å². The second-order valence-corrected chi connectivity index (χ2v) is 4.07. The van der Waals surface area contributed by atoms with Crippen molar-refractivity contribution in [3.8, 4) is 0 Å². The van der Waals surface area contributed by atoms with E-state index in [-0.39, 0.29) is 12.5 Å². The Hall–Kier alpha value is -0.870. The fraction of sp³-hybridized carbons (Fsp3) is 0.750. The lowest BCUT2D eigenvalue weighted by atomic mass is 10.0. The molecule has 0 saturated carbocycles. The Kier molecular flexibility index (Phi) is 8.85. The van der Waals surface area contributed by atoms with Crippen molar-refractivity contribution in [1.29, 1.82) is 0 Å². The Morgan fingerprint density at radius 1 is 1.56 bits per heavy atom. The quantitative estimate of drug-likeness (QED) is 0.573. The first kappa shape index (κ1) is 15.1. The van der Waals surface area contributed by atoms with E-state index in [2.05, 4.69) is 13.5 Å². The van der Waals surface area contributed by atoms with Crippen LogP contribution in [0.25, 0.3) is 0 Å². The molecule has 0 rings (SSSR count). The number of nitrogens with two attached hydrogens (primary N) is 1. The average molecular weight is 228 g/mol. The molecule has 4 nitrogen and oxygen atoms in total. The highest BCUT2D eigenvalue weighted by Crippen LogP contribution is 2.10. The zero-order chi connectivity index (χ0) is 12.4. The summed E-state index contributed by atoms with van der Waals surface area (Å²) in [6.07, 6.45) is 4.01. The standard InChI is InChI=1S/C12H24N2O2/c1-3-8-14(9-10-15)12(16)5-4-11(2)6-7-13/h3,11,15H,1,4-10,13H2,2H3. The summed E-state index contributed by atoms with van der Waals surface area (Å²) in [6.45, 7) is 7.26. The van der Waals surface area contributed by atoms with Crippen LogP contribution in [0.1, 0.15) is 26.2 Å². The summed E-state index contributed by atoms with van der Waals surface area (Å²) < 4.78 is 0. The molecule has 0 radical (unpaired) electrons. The summed E-state index contributed by atoms with van der Waals surface area (Å²) in [5.41, 5.74) is 5.45. The number of hydrogen-bond donors (Lipinski definition) is 2. The van der Waals surface area contributed by atoms with Gasteiger partial charge >= 0.3 is 0 Å². The highest BCUT2D eigenvalue weighted by molar-refractivity contribution is 5.76.